The van der Waals surface area contributed by atoms with Gasteiger partial charge in [-0.2, -0.15) is 0 Å². The first-order chi connectivity index (χ1) is 13.2. The van der Waals surface area contributed by atoms with E-state index < -0.39 is 0 Å². The molecule has 1 saturated heterocycles. The summed E-state index contributed by atoms with van der Waals surface area (Å²) in [4.78, 5) is 4.74. The van der Waals surface area contributed by atoms with Crippen molar-refractivity contribution in [3.05, 3.63) is 28.8 Å². The van der Waals surface area contributed by atoms with Crippen LogP contribution in [0.25, 0.3) is 0 Å². The Labute approximate surface area is 162 Å². The minimum absolute atomic E-state index is 0.0288. The smallest absolute Gasteiger partial charge is 0.191 e. The minimum atomic E-state index is -0.0288. The van der Waals surface area contributed by atoms with Gasteiger partial charge in [-0.1, -0.05) is 6.07 Å². The number of hydrogen-bond acceptors (Lipinski definition) is 4. The van der Waals surface area contributed by atoms with Crippen molar-refractivity contribution >= 4 is 5.96 Å². The summed E-state index contributed by atoms with van der Waals surface area (Å²) in [5, 5.41) is 26.5. The number of guanidine groups is 1. The van der Waals surface area contributed by atoms with Crippen LogP contribution < -0.4 is 10.6 Å². The molecule has 0 radical (unpaired) electrons. The zero-order chi connectivity index (χ0) is 19.1. The first kappa shape index (κ1) is 20.0. The van der Waals surface area contributed by atoms with Crippen LogP contribution >= 0.6 is 0 Å². The van der Waals surface area contributed by atoms with E-state index in [1.165, 1.54) is 24.0 Å². The Morgan fingerprint density at radius 3 is 2.85 bits per heavy atom. The molecular weight excluding hydrogens is 342 g/mol. The third kappa shape index (κ3) is 4.93. The zero-order valence-electron chi connectivity index (χ0n) is 16.4. The normalized spacial score (nSPS) is 22.5. The molecule has 1 aliphatic heterocycles. The molecule has 0 bridgehead atoms. The lowest BCUT2D eigenvalue weighted by Crippen LogP contribution is -2.44. The Balaban J connectivity index is 1.71. The molecule has 1 aliphatic carbocycles. The fraction of sp³-hybridized carbons (Fsp3) is 0.667. The average Bonchev–Trinajstić information content (AvgIpc) is 3.14. The van der Waals surface area contributed by atoms with Gasteiger partial charge in [0, 0.05) is 37.3 Å². The molecule has 3 rings (SSSR count). The molecule has 1 heterocycles. The molecule has 1 fully saturated rings. The number of aliphatic hydroxyl groups is 1. The second kappa shape index (κ2) is 9.42. The minimum Gasteiger partial charge on any atom is -0.508 e. The third-order valence-electron chi connectivity index (χ3n) is 5.82. The maximum atomic E-state index is 10.4. The Morgan fingerprint density at radius 1 is 1.26 bits per heavy atom. The quantitative estimate of drug-likeness (QED) is 0.433. The van der Waals surface area contributed by atoms with E-state index in [0.717, 1.165) is 56.9 Å². The summed E-state index contributed by atoms with van der Waals surface area (Å²) in [7, 11) is 0. The van der Waals surface area contributed by atoms with Crippen molar-refractivity contribution in [1.82, 2.24) is 10.6 Å². The van der Waals surface area contributed by atoms with Crippen molar-refractivity contribution in [3.63, 3.8) is 0 Å². The number of benzene rings is 1. The first-order valence-corrected chi connectivity index (χ1v) is 10.2. The lowest BCUT2D eigenvalue weighted by atomic mass is 9.84. The largest absolute Gasteiger partial charge is 0.508 e. The summed E-state index contributed by atoms with van der Waals surface area (Å²) in [6, 6.07) is 3.86. The van der Waals surface area contributed by atoms with Gasteiger partial charge in [-0.15, -0.1) is 0 Å². The van der Waals surface area contributed by atoms with Gasteiger partial charge in [0.25, 0.3) is 0 Å². The van der Waals surface area contributed by atoms with E-state index in [0.29, 0.717) is 18.9 Å². The highest BCUT2D eigenvalue weighted by molar-refractivity contribution is 5.79. The molecule has 27 heavy (non-hydrogen) atoms. The number of phenols is 1. The number of aromatic hydroxyl groups is 1. The number of aliphatic imine (C=N–C) groups is 1. The van der Waals surface area contributed by atoms with E-state index in [1.54, 1.807) is 0 Å². The van der Waals surface area contributed by atoms with Crippen molar-refractivity contribution in [2.24, 2.45) is 10.4 Å². The molecule has 6 nitrogen and oxygen atoms in total. The number of fused-ring (bicyclic) bond motifs is 1. The maximum Gasteiger partial charge on any atom is 0.191 e. The molecule has 2 aliphatic rings. The number of rotatable bonds is 7. The highest BCUT2D eigenvalue weighted by atomic mass is 16.5. The summed E-state index contributed by atoms with van der Waals surface area (Å²) < 4.78 is 5.57. The van der Waals surface area contributed by atoms with Gasteiger partial charge in [0.2, 0.25) is 0 Å². The van der Waals surface area contributed by atoms with Crippen LogP contribution in [0.4, 0.5) is 0 Å². The van der Waals surface area contributed by atoms with Gasteiger partial charge in [0.1, 0.15) is 5.75 Å². The van der Waals surface area contributed by atoms with Crippen LogP contribution in [0.3, 0.4) is 0 Å². The molecule has 0 saturated carbocycles. The summed E-state index contributed by atoms with van der Waals surface area (Å²) in [5.74, 6) is 1.09. The number of nitrogens with zero attached hydrogens (tertiary/aromatic N) is 1. The van der Waals surface area contributed by atoms with Crippen LogP contribution in [0.5, 0.6) is 5.75 Å². The second-order valence-electron chi connectivity index (χ2n) is 7.73. The first-order valence-electron chi connectivity index (χ1n) is 10.2. The highest BCUT2D eigenvalue weighted by Crippen LogP contribution is 2.32. The van der Waals surface area contributed by atoms with E-state index in [2.05, 4.69) is 16.7 Å². The van der Waals surface area contributed by atoms with E-state index in [1.807, 2.05) is 13.0 Å². The Hall–Kier alpha value is -1.79. The lowest BCUT2D eigenvalue weighted by molar-refractivity contribution is 0.127. The summed E-state index contributed by atoms with van der Waals surface area (Å²) in [6.45, 7) is 5.59. The molecule has 1 aromatic rings. The van der Waals surface area contributed by atoms with Gasteiger partial charge >= 0.3 is 0 Å². The maximum absolute atomic E-state index is 10.4. The standard InChI is InChI=1S/C21H33N3O3/c1-2-22-20(24-14-21(9-11-25)10-12-27-15-21)23-13-18-17-6-4-3-5-16(17)7-8-19(18)26/h7-8,25-26H,2-6,9-15H2,1H3,(H2,22,23,24). The van der Waals surface area contributed by atoms with Gasteiger partial charge in [-0.3, -0.25) is 0 Å². The van der Waals surface area contributed by atoms with Crippen LogP contribution in [0.2, 0.25) is 0 Å². The number of ether oxygens (including phenoxy) is 1. The lowest BCUT2D eigenvalue weighted by Gasteiger charge is -2.27. The molecule has 6 heteroatoms. The number of aliphatic hydroxyl groups excluding tert-OH is 1. The molecule has 1 aromatic carbocycles. The summed E-state index contributed by atoms with van der Waals surface area (Å²) in [6.07, 6.45) is 6.19. The molecule has 0 amide bonds. The van der Waals surface area contributed by atoms with Crippen LogP contribution in [0, 0.1) is 5.41 Å². The van der Waals surface area contributed by atoms with Gasteiger partial charge in [0.15, 0.2) is 5.96 Å². The molecule has 150 valence electrons. The SMILES string of the molecule is CCNC(=NCc1c(O)ccc2c1CCCC2)NCC1(CCO)CCOC1. The predicted octanol–water partition coefficient (Wildman–Crippen LogP) is 2.12. The predicted molar refractivity (Wildman–Crippen MR) is 107 cm³/mol. The van der Waals surface area contributed by atoms with Crippen molar-refractivity contribution in [3.8, 4) is 5.75 Å². The third-order valence-corrected chi connectivity index (χ3v) is 5.82. The molecule has 1 atom stereocenters. The fourth-order valence-corrected chi connectivity index (χ4v) is 4.15. The average molecular weight is 376 g/mol. The number of hydrogen-bond donors (Lipinski definition) is 4. The molecule has 1 unspecified atom stereocenters. The van der Waals surface area contributed by atoms with E-state index >= 15 is 0 Å². The van der Waals surface area contributed by atoms with E-state index in [-0.39, 0.29) is 12.0 Å². The topological polar surface area (TPSA) is 86.1 Å². The number of aryl methyl sites for hydroxylation is 1. The van der Waals surface area contributed by atoms with Crippen molar-refractivity contribution < 1.29 is 14.9 Å². The number of nitrogens with one attached hydrogen (secondary N) is 2. The summed E-state index contributed by atoms with van der Waals surface area (Å²) >= 11 is 0. The van der Waals surface area contributed by atoms with Crippen LogP contribution in [0.15, 0.2) is 17.1 Å². The van der Waals surface area contributed by atoms with Gasteiger partial charge < -0.3 is 25.6 Å². The monoisotopic (exact) mass is 375 g/mol. The van der Waals surface area contributed by atoms with Crippen LogP contribution in [-0.2, 0) is 24.1 Å². The van der Waals surface area contributed by atoms with Crippen molar-refractivity contribution in [1.29, 1.82) is 0 Å². The van der Waals surface area contributed by atoms with E-state index in [4.69, 9.17) is 9.73 Å². The summed E-state index contributed by atoms with van der Waals surface area (Å²) in [5.41, 5.74) is 3.56. The Kier molecular flexibility index (Phi) is 6.96. The molecule has 0 spiro atoms. The van der Waals surface area contributed by atoms with Gasteiger partial charge in [0.05, 0.1) is 13.2 Å². The molecule has 4 N–H and O–H groups in total. The molecule has 0 aromatic heterocycles. The number of phenolic OH excluding ortho intramolecular Hbond substituents is 1. The Bertz CT molecular complexity index is 654. The van der Waals surface area contributed by atoms with Crippen molar-refractivity contribution in [2.45, 2.75) is 52.0 Å². The highest BCUT2D eigenvalue weighted by Gasteiger charge is 2.34. The second-order valence-corrected chi connectivity index (χ2v) is 7.73. The Morgan fingerprint density at radius 2 is 2.11 bits per heavy atom. The van der Waals surface area contributed by atoms with Gasteiger partial charge in [-0.25, -0.2) is 4.99 Å². The van der Waals surface area contributed by atoms with Gasteiger partial charge in [-0.05, 0) is 62.6 Å². The molecular formula is C21H33N3O3. The van der Waals surface area contributed by atoms with E-state index in [9.17, 15) is 10.2 Å². The fourth-order valence-electron chi connectivity index (χ4n) is 4.15. The van der Waals surface area contributed by atoms with Crippen LogP contribution in [0.1, 0.15) is 49.3 Å². The zero-order valence-corrected chi connectivity index (χ0v) is 16.4. The van der Waals surface area contributed by atoms with Crippen molar-refractivity contribution in [2.75, 3.05) is 32.9 Å². The van der Waals surface area contributed by atoms with Crippen LogP contribution in [-0.4, -0.2) is 49.1 Å².